The molecule has 0 atom stereocenters. The number of anilines is 2. The third kappa shape index (κ3) is 3.23. The van der Waals surface area contributed by atoms with Gasteiger partial charge in [0.15, 0.2) is 11.6 Å². The maximum atomic E-state index is 6.19. The highest BCUT2D eigenvalue weighted by atomic mass is 16.5. The van der Waals surface area contributed by atoms with E-state index in [2.05, 4.69) is 25.3 Å². The van der Waals surface area contributed by atoms with Crippen LogP contribution in [-0.2, 0) is 6.54 Å². The van der Waals surface area contributed by atoms with Gasteiger partial charge >= 0.3 is 0 Å². The summed E-state index contributed by atoms with van der Waals surface area (Å²) in [6, 6.07) is 13.4. The Morgan fingerprint density at radius 2 is 1.85 bits per heavy atom. The van der Waals surface area contributed by atoms with Gasteiger partial charge in [-0.3, -0.25) is 9.97 Å². The molecule has 0 amide bonds. The molecule has 3 N–H and O–H groups in total. The van der Waals surface area contributed by atoms with Crippen LogP contribution in [0.4, 0.5) is 11.5 Å². The first kappa shape index (κ1) is 15.8. The number of hydrogen-bond donors (Lipinski definition) is 2. The molecule has 0 bridgehead atoms. The van der Waals surface area contributed by atoms with E-state index in [1.807, 2.05) is 42.5 Å². The summed E-state index contributed by atoms with van der Waals surface area (Å²) in [7, 11) is 0. The van der Waals surface area contributed by atoms with Crippen LogP contribution in [0.25, 0.3) is 10.9 Å². The smallest absolute Gasteiger partial charge is 0.248 e. The predicted molar refractivity (Wildman–Crippen MR) is 99.8 cm³/mol. The van der Waals surface area contributed by atoms with Crippen molar-refractivity contribution in [1.82, 2.24) is 19.9 Å². The van der Waals surface area contributed by atoms with Gasteiger partial charge in [-0.2, -0.15) is 4.98 Å². The SMILES string of the molecule is Nc1c(NCc2cccnc2)ncnc1Oc1cccc2cccnc12. The molecule has 3 aromatic heterocycles. The van der Waals surface area contributed by atoms with E-state index in [4.69, 9.17) is 10.5 Å². The molecule has 0 aliphatic rings. The lowest BCUT2D eigenvalue weighted by Gasteiger charge is -2.12. The average Bonchev–Trinajstić information content (AvgIpc) is 2.70. The minimum atomic E-state index is 0.284. The van der Waals surface area contributed by atoms with Gasteiger partial charge in [0, 0.05) is 30.5 Å². The Balaban J connectivity index is 1.59. The molecule has 4 rings (SSSR count). The van der Waals surface area contributed by atoms with Gasteiger partial charge in [0.05, 0.1) is 0 Å². The van der Waals surface area contributed by atoms with Gasteiger partial charge in [-0.15, -0.1) is 0 Å². The zero-order valence-corrected chi connectivity index (χ0v) is 13.8. The molecule has 0 saturated carbocycles. The van der Waals surface area contributed by atoms with Crippen molar-refractivity contribution in [2.45, 2.75) is 6.54 Å². The van der Waals surface area contributed by atoms with Crippen LogP contribution in [0.2, 0.25) is 0 Å². The summed E-state index contributed by atoms with van der Waals surface area (Å²) in [6.07, 6.45) is 6.64. The summed E-state index contributed by atoms with van der Waals surface area (Å²) >= 11 is 0. The monoisotopic (exact) mass is 344 g/mol. The molecule has 0 fully saturated rings. The fraction of sp³-hybridized carbons (Fsp3) is 0.0526. The zero-order valence-electron chi connectivity index (χ0n) is 13.8. The predicted octanol–water partition coefficient (Wildman–Crippen LogP) is 3.41. The topological polar surface area (TPSA) is 98.8 Å². The third-order valence-electron chi connectivity index (χ3n) is 3.83. The van der Waals surface area contributed by atoms with E-state index in [1.54, 1.807) is 18.6 Å². The van der Waals surface area contributed by atoms with Crippen molar-refractivity contribution in [3.63, 3.8) is 0 Å². The number of aromatic nitrogens is 4. The number of hydrogen-bond acceptors (Lipinski definition) is 7. The minimum Gasteiger partial charge on any atom is -0.435 e. The van der Waals surface area contributed by atoms with Gasteiger partial charge in [0.1, 0.15) is 17.5 Å². The van der Waals surface area contributed by atoms with E-state index >= 15 is 0 Å². The molecule has 3 heterocycles. The van der Waals surface area contributed by atoms with Crippen LogP contribution in [0.5, 0.6) is 11.6 Å². The largest absolute Gasteiger partial charge is 0.435 e. The summed E-state index contributed by atoms with van der Waals surface area (Å²) < 4.78 is 5.92. The van der Waals surface area contributed by atoms with E-state index in [-0.39, 0.29) is 5.88 Å². The Kier molecular flexibility index (Phi) is 4.26. The van der Waals surface area contributed by atoms with Crippen LogP contribution in [-0.4, -0.2) is 19.9 Å². The fourth-order valence-corrected chi connectivity index (χ4v) is 2.55. The van der Waals surface area contributed by atoms with Gasteiger partial charge in [-0.1, -0.05) is 24.3 Å². The normalized spacial score (nSPS) is 10.6. The second-order valence-corrected chi connectivity index (χ2v) is 5.59. The first-order valence-electron chi connectivity index (χ1n) is 8.06. The van der Waals surface area contributed by atoms with E-state index in [9.17, 15) is 0 Å². The number of pyridine rings is 2. The molecule has 0 aliphatic heterocycles. The standard InChI is InChI=1S/C19H16N6O/c20-16-18(23-11-13-4-2-8-21-10-13)24-12-25-19(16)26-15-7-1-5-14-6-3-9-22-17(14)15/h1-10,12H,11,20H2,(H,23,24,25). The van der Waals surface area contributed by atoms with E-state index in [1.165, 1.54) is 6.33 Å². The maximum Gasteiger partial charge on any atom is 0.248 e. The number of benzene rings is 1. The van der Waals surface area contributed by atoms with Crippen molar-refractivity contribution < 1.29 is 4.74 Å². The number of para-hydroxylation sites is 1. The molecule has 0 spiro atoms. The first-order chi connectivity index (χ1) is 12.8. The van der Waals surface area contributed by atoms with Crippen molar-refractivity contribution in [3.8, 4) is 11.6 Å². The van der Waals surface area contributed by atoms with E-state index in [0.29, 0.717) is 23.8 Å². The Hall–Kier alpha value is -3.74. The Bertz CT molecular complexity index is 1030. The fourth-order valence-electron chi connectivity index (χ4n) is 2.55. The van der Waals surface area contributed by atoms with Gasteiger partial charge in [-0.25, -0.2) is 4.98 Å². The number of nitrogens with one attached hydrogen (secondary N) is 1. The Morgan fingerprint density at radius 1 is 0.962 bits per heavy atom. The van der Waals surface area contributed by atoms with Crippen molar-refractivity contribution in [2.24, 2.45) is 0 Å². The number of ether oxygens (including phenoxy) is 1. The molecule has 7 nitrogen and oxygen atoms in total. The molecule has 0 saturated heterocycles. The van der Waals surface area contributed by atoms with Crippen LogP contribution in [0.1, 0.15) is 5.56 Å². The lowest BCUT2D eigenvalue weighted by atomic mass is 10.2. The molecule has 7 heteroatoms. The second kappa shape index (κ2) is 7.02. The zero-order chi connectivity index (χ0) is 17.8. The molecule has 26 heavy (non-hydrogen) atoms. The van der Waals surface area contributed by atoms with Gasteiger partial charge in [0.2, 0.25) is 5.88 Å². The van der Waals surface area contributed by atoms with Gasteiger partial charge in [-0.05, 0) is 23.8 Å². The van der Waals surface area contributed by atoms with Crippen molar-refractivity contribution >= 4 is 22.4 Å². The number of rotatable bonds is 5. The van der Waals surface area contributed by atoms with Crippen molar-refractivity contribution in [2.75, 3.05) is 11.1 Å². The second-order valence-electron chi connectivity index (χ2n) is 5.59. The Labute approximate surface area is 149 Å². The minimum absolute atomic E-state index is 0.284. The summed E-state index contributed by atoms with van der Waals surface area (Å²) in [5.74, 6) is 1.38. The lowest BCUT2D eigenvalue weighted by Crippen LogP contribution is -2.07. The molecule has 0 unspecified atom stereocenters. The van der Waals surface area contributed by atoms with Crippen molar-refractivity contribution in [1.29, 1.82) is 0 Å². The van der Waals surface area contributed by atoms with Gasteiger partial charge in [0.25, 0.3) is 0 Å². The number of nitrogens with two attached hydrogens (primary N) is 1. The van der Waals surface area contributed by atoms with Crippen LogP contribution in [0, 0.1) is 0 Å². The van der Waals surface area contributed by atoms with Gasteiger partial charge < -0.3 is 15.8 Å². The highest BCUT2D eigenvalue weighted by molar-refractivity contribution is 5.84. The highest BCUT2D eigenvalue weighted by Gasteiger charge is 2.12. The molecule has 1 aromatic carbocycles. The average molecular weight is 344 g/mol. The molecule has 0 radical (unpaired) electrons. The van der Waals surface area contributed by atoms with Crippen LogP contribution in [0.3, 0.4) is 0 Å². The summed E-state index contributed by atoms with van der Waals surface area (Å²) in [6.45, 7) is 0.546. The molecule has 0 aliphatic carbocycles. The first-order valence-corrected chi connectivity index (χ1v) is 8.06. The number of nitrogen functional groups attached to an aromatic ring is 1. The highest BCUT2D eigenvalue weighted by Crippen LogP contribution is 2.32. The Morgan fingerprint density at radius 3 is 2.73 bits per heavy atom. The lowest BCUT2D eigenvalue weighted by molar-refractivity contribution is 0.469. The molecule has 128 valence electrons. The third-order valence-corrected chi connectivity index (χ3v) is 3.83. The van der Waals surface area contributed by atoms with E-state index in [0.717, 1.165) is 16.5 Å². The van der Waals surface area contributed by atoms with E-state index < -0.39 is 0 Å². The van der Waals surface area contributed by atoms with Crippen LogP contribution >= 0.6 is 0 Å². The summed E-state index contributed by atoms with van der Waals surface area (Å²) in [4.78, 5) is 16.8. The summed E-state index contributed by atoms with van der Waals surface area (Å²) in [5, 5.41) is 4.16. The number of nitrogens with zero attached hydrogens (tertiary/aromatic N) is 4. The molecular weight excluding hydrogens is 328 g/mol. The quantitative estimate of drug-likeness (QED) is 0.572. The summed E-state index contributed by atoms with van der Waals surface area (Å²) in [5.41, 5.74) is 8.30. The van der Waals surface area contributed by atoms with Crippen LogP contribution < -0.4 is 15.8 Å². The molecular formula is C19H16N6O. The number of fused-ring (bicyclic) bond motifs is 1. The van der Waals surface area contributed by atoms with Crippen LogP contribution in [0.15, 0.2) is 67.4 Å². The molecule has 4 aromatic rings. The maximum absolute atomic E-state index is 6.19. The van der Waals surface area contributed by atoms with Crippen molar-refractivity contribution in [3.05, 3.63) is 72.9 Å².